The van der Waals surface area contributed by atoms with Crippen LogP contribution < -0.4 is 5.32 Å². The van der Waals surface area contributed by atoms with Gasteiger partial charge in [-0.3, -0.25) is 4.79 Å². The molecule has 0 saturated heterocycles. The van der Waals surface area contributed by atoms with Crippen LogP contribution in [0, 0.1) is 12.7 Å². The molecule has 4 aromatic rings. The minimum atomic E-state index is -0.313. The number of carbonyl (C=O) groups excluding carboxylic acids is 1. The Morgan fingerprint density at radius 1 is 1.17 bits per heavy atom. The van der Waals surface area contributed by atoms with Crippen molar-refractivity contribution in [2.24, 2.45) is 0 Å². The Labute approximate surface area is 172 Å². The highest BCUT2D eigenvalue weighted by molar-refractivity contribution is 6.09. The number of pyridine rings is 1. The number of rotatable bonds is 5. The van der Waals surface area contributed by atoms with Crippen molar-refractivity contribution < 1.29 is 13.7 Å². The molecule has 1 saturated carbocycles. The van der Waals surface area contributed by atoms with E-state index in [1.165, 1.54) is 12.1 Å². The van der Waals surface area contributed by atoms with Gasteiger partial charge in [-0.05, 0) is 49.1 Å². The third-order valence-electron chi connectivity index (χ3n) is 5.31. The minimum absolute atomic E-state index is 0.228. The van der Waals surface area contributed by atoms with E-state index in [0.29, 0.717) is 33.8 Å². The molecule has 1 aliphatic rings. The van der Waals surface area contributed by atoms with Crippen LogP contribution in [0.1, 0.15) is 45.9 Å². The Bertz CT molecular complexity index is 1230. The van der Waals surface area contributed by atoms with Crippen molar-refractivity contribution in [3.05, 3.63) is 82.8 Å². The van der Waals surface area contributed by atoms with Gasteiger partial charge in [0, 0.05) is 23.7 Å². The van der Waals surface area contributed by atoms with Crippen LogP contribution in [0.2, 0.25) is 0 Å². The van der Waals surface area contributed by atoms with Gasteiger partial charge in [0.25, 0.3) is 11.6 Å². The molecule has 5 rings (SSSR count). The van der Waals surface area contributed by atoms with Crippen LogP contribution in [0.3, 0.4) is 0 Å². The lowest BCUT2D eigenvalue weighted by Crippen LogP contribution is -2.23. The molecule has 5 nitrogen and oxygen atoms in total. The predicted molar refractivity (Wildman–Crippen MR) is 112 cm³/mol. The van der Waals surface area contributed by atoms with E-state index in [1.807, 2.05) is 49.4 Å². The molecule has 0 radical (unpaired) electrons. The van der Waals surface area contributed by atoms with Crippen LogP contribution in [0.15, 0.2) is 59.1 Å². The number of aromatic nitrogens is 2. The predicted octanol–water partition coefficient (Wildman–Crippen LogP) is 5.14. The van der Waals surface area contributed by atoms with Gasteiger partial charge in [-0.1, -0.05) is 41.6 Å². The lowest BCUT2D eigenvalue weighted by atomic mass is 10.0. The van der Waals surface area contributed by atoms with Crippen molar-refractivity contribution in [1.82, 2.24) is 15.5 Å². The van der Waals surface area contributed by atoms with E-state index in [1.54, 1.807) is 0 Å². The van der Waals surface area contributed by atoms with E-state index in [4.69, 9.17) is 4.52 Å². The second-order valence-corrected chi connectivity index (χ2v) is 7.77. The maximum atomic E-state index is 13.7. The first kappa shape index (κ1) is 18.5. The second-order valence-electron chi connectivity index (χ2n) is 7.77. The smallest absolute Gasteiger partial charge is 0.259 e. The van der Waals surface area contributed by atoms with Gasteiger partial charge in [0.15, 0.2) is 0 Å². The van der Waals surface area contributed by atoms with Crippen molar-refractivity contribution in [3.63, 3.8) is 0 Å². The summed E-state index contributed by atoms with van der Waals surface area (Å²) in [6, 6.07) is 16.2. The van der Waals surface area contributed by atoms with Crippen LogP contribution >= 0.6 is 0 Å². The molecule has 30 heavy (non-hydrogen) atoms. The van der Waals surface area contributed by atoms with E-state index in [0.717, 1.165) is 29.7 Å². The maximum Gasteiger partial charge on any atom is 0.259 e. The molecule has 2 aromatic heterocycles. The maximum absolute atomic E-state index is 13.7. The zero-order chi connectivity index (χ0) is 20.7. The molecule has 0 unspecified atom stereocenters. The first-order valence-corrected chi connectivity index (χ1v) is 9.98. The number of nitrogens with zero attached hydrogens (tertiary/aromatic N) is 2. The van der Waals surface area contributed by atoms with Crippen LogP contribution in [-0.2, 0) is 6.54 Å². The summed E-state index contributed by atoms with van der Waals surface area (Å²) in [5, 5.41) is 7.71. The number of fused-ring (bicyclic) bond motifs is 1. The number of nitrogens with one attached hydrogen (secondary N) is 1. The van der Waals surface area contributed by atoms with Gasteiger partial charge in [-0.25, -0.2) is 9.37 Å². The Balaban J connectivity index is 1.54. The SMILES string of the molecule is Cc1cc(F)cc(CNC(=O)c2cc(C3CC3)nc3onc(-c4ccccc4)c23)c1. The normalized spacial score (nSPS) is 13.5. The van der Waals surface area contributed by atoms with Gasteiger partial charge >= 0.3 is 0 Å². The molecule has 0 aliphatic heterocycles. The first-order valence-electron chi connectivity index (χ1n) is 9.98. The van der Waals surface area contributed by atoms with E-state index in [-0.39, 0.29) is 18.3 Å². The standard InChI is InChI=1S/C24H20FN3O2/c1-14-9-15(11-18(25)10-14)13-26-23(29)19-12-20(16-7-8-16)27-24-21(19)22(28-30-24)17-5-3-2-4-6-17/h2-6,9-12,16H,7-8,13H2,1H3,(H,26,29). The van der Waals surface area contributed by atoms with Crippen molar-refractivity contribution in [3.8, 4) is 11.3 Å². The van der Waals surface area contributed by atoms with E-state index in [2.05, 4.69) is 15.5 Å². The first-order chi connectivity index (χ1) is 14.6. The number of carbonyl (C=O) groups is 1. The molecular weight excluding hydrogens is 381 g/mol. The fraction of sp³-hybridized carbons (Fsp3) is 0.208. The van der Waals surface area contributed by atoms with Crippen molar-refractivity contribution >= 4 is 17.0 Å². The lowest BCUT2D eigenvalue weighted by Gasteiger charge is -2.09. The molecule has 2 aromatic carbocycles. The largest absolute Gasteiger partial charge is 0.348 e. The van der Waals surface area contributed by atoms with Gasteiger partial charge in [-0.2, -0.15) is 0 Å². The Kier molecular flexibility index (Phi) is 4.54. The highest BCUT2D eigenvalue weighted by atomic mass is 19.1. The summed E-state index contributed by atoms with van der Waals surface area (Å²) >= 11 is 0. The van der Waals surface area contributed by atoms with Gasteiger partial charge in [0.1, 0.15) is 11.5 Å². The van der Waals surface area contributed by atoms with Gasteiger partial charge < -0.3 is 9.84 Å². The average molecular weight is 401 g/mol. The minimum Gasteiger partial charge on any atom is -0.348 e. The van der Waals surface area contributed by atoms with Crippen LogP contribution in [-0.4, -0.2) is 16.0 Å². The molecule has 2 heterocycles. The number of hydrogen-bond acceptors (Lipinski definition) is 4. The van der Waals surface area contributed by atoms with E-state index >= 15 is 0 Å². The van der Waals surface area contributed by atoms with Crippen molar-refractivity contribution in [2.45, 2.75) is 32.2 Å². The number of hydrogen-bond donors (Lipinski definition) is 1. The van der Waals surface area contributed by atoms with Gasteiger partial charge in [0.2, 0.25) is 0 Å². The van der Waals surface area contributed by atoms with Crippen LogP contribution in [0.4, 0.5) is 4.39 Å². The van der Waals surface area contributed by atoms with Crippen molar-refractivity contribution in [2.75, 3.05) is 0 Å². The molecule has 0 spiro atoms. The van der Waals surface area contributed by atoms with Gasteiger partial charge in [0.05, 0.1) is 10.9 Å². The summed E-state index contributed by atoms with van der Waals surface area (Å²) < 4.78 is 19.2. The number of amides is 1. The van der Waals surface area contributed by atoms with E-state index in [9.17, 15) is 9.18 Å². The molecule has 0 atom stereocenters. The quantitative estimate of drug-likeness (QED) is 0.502. The molecular formula is C24H20FN3O2. The lowest BCUT2D eigenvalue weighted by molar-refractivity contribution is 0.0952. The molecule has 150 valence electrons. The zero-order valence-electron chi connectivity index (χ0n) is 16.5. The van der Waals surface area contributed by atoms with Gasteiger partial charge in [-0.15, -0.1) is 0 Å². The summed E-state index contributed by atoms with van der Waals surface area (Å²) in [4.78, 5) is 17.8. The molecule has 6 heteroatoms. The molecule has 1 N–H and O–H groups in total. The monoisotopic (exact) mass is 401 g/mol. The number of benzene rings is 2. The highest BCUT2D eigenvalue weighted by Crippen LogP contribution is 2.41. The Hall–Kier alpha value is -3.54. The van der Waals surface area contributed by atoms with Crippen LogP contribution in [0.25, 0.3) is 22.4 Å². The number of aryl methyl sites for hydroxylation is 1. The van der Waals surface area contributed by atoms with Crippen LogP contribution in [0.5, 0.6) is 0 Å². The van der Waals surface area contributed by atoms with Crippen molar-refractivity contribution in [1.29, 1.82) is 0 Å². The molecule has 1 fully saturated rings. The molecule has 1 amide bonds. The fourth-order valence-electron chi connectivity index (χ4n) is 3.72. The number of halogens is 1. The molecule has 1 aliphatic carbocycles. The zero-order valence-corrected chi connectivity index (χ0v) is 16.5. The summed E-state index contributed by atoms with van der Waals surface area (Å²) in [6.07, 6.45) is 2.11. The third-order valence-corrected chi connectivity index (χ3v) is 5.31. The summed E-state index contributed by atoms with van der Waals surface area (Å²) in [6.45, 7) is 2.05. The Morgan fingerprint density at radius 3 is 2.70 bits per heavy atom. The summed E-state index contributed by atoms with van der Waals surface area (Å²) in [7, 11) is 0. The highest BCUT2D eigenvalue weighted by Gasteiger charge is 2.29. The average Bonchev–Trinajstić information content (AvgIpc) is 3.50. The Morgan fingerprint density at radius 2 is 1.97 bits per heavy atom. The third kappa shape index (κ3) is 3.56. The molecule has 0 bridgehead atoms. The summed E-state index contributed by atoms with van der Waals surface area (Å²) in [5.74, 6) is -0.212. The van der Waals surface area contributed by atoms with E-state index < -0.39 is 0 Å². The summed E-state index contributed by atoms with van der Waals surface area (Å²) in [5.41, 5.74) is 4.67. The fourth-order valence-corrected chi connectivity index (χ4v) is 3.72. The second kappa shape index (κ2) is 7.37. The topological polar surface area (TPSA) is 68.0 Å².